The van der Waals surface area contributed by atoms with Gasteiger partial charge in [-0.25, -0.2) is 0 Å². The standard InChI is InChI=1S/C27H35N5O2/c1-20(2)17-25(26(33)30-12-11-28)31-27(18-34-19-27)23-7-3-21(4-8-23)22-5-9-24(10-6-22)32-15-13-29-14-16-32/h3-10,20,25,29,31H,12-19H2,1-2H3,(H,30,33)/t25-/m0/s1. The number of rotatable bonds is 9. The highest BCUT2D eigenvalue weighted by Gasteiger charge is 2.43. The molecule has 0 spiro atoms. The zero-order chi connectivity index (χ0) is 24.0. The largest absolute Gasteiger partial charge is 0.377 e. The van der Waals surface area contributed by atoms with Gasteiger partial charge < -0.3 is 20.3 Å². The number of carbonyl (C=O) groups excluding carboxylic acids is 1. The summed E-state index contributed by atoms with van der Waals surface area (Å²) in [5, 5.41) is 18.5. The Balaban J connectivity index is 1.47. The first kappa shape index (κ1) is 24.2. The second kappa shape index (κ2) is 11.0. The van der Waals surface area contributed by atoms with Crippen LogP contribution in [0.15, 0.2) is 48.5 Å². The smallest absolute Gasteiger partial charge is 0.237 e. The maximum absolute atomic E-state index is 12.7. The first-order chi connectivity index (χ1) is 16.5. The van der Waals surface area contributed by atoms with Crippen LogP contribution >= 0.6 is 0 Å². The summed E-state index contributed by atoms with van der Waals surface area (Å²) < 4.78 is 5.59. The van der Waals surface area contributed by atoms with Gasteiger partial charge in [-0.05, 0) is 41.2 Å². The fourth-order valence-electron chi connectivity index (χ4n) is 4.70. The number of hydrogen-bond acceptors (Lipinski definition) is 6. The minimum absolute atomic E-state index is 0.0146. The molecular weight excluding hydrogens is 426 g/mol. The van der Waals surface area contributed by atoms with Gasteiger partial charge in [0.1, 0.15) is 6.54 Å². The quantitative estimate of drug-likeness (QED) is 0.498. The van der Waals surface area contributed by atoms with E-state index in [9.17, 15) is 4.79 Å². The van der Waals surface area contributed by atoms with E-state index in [4.69, 9.17) is 10.00 Å². The predicted octanol–water partition coefficient (Wildman–Crippen LogP) is 2.63. The van der Waals surface area contributed by atoms with E-state index >= 15 is 0 Å². The Morgan fingerprint density at radius 1 is 1.09 bits per heavy atom. The van der Waals surface area contributed by atoms with Crippen LogP contribution in [-0.2, 0) is 15.1 Å². The third kappa shape index (κ3) is 5.58. The van der Waals surface area contributed by atoms with Crippen LogP contribution in [0.2, 0.25) is 0 Å². The van der Waals surface area contributed by atoms with Gasteiger partial charge in [0.15, 0.2) is 0 Å². The van der Waals surface area contributed by atoms with Crippen molar-refractivity contribution in [3.8, 4) is 17.2 Å². The minimum atomic E-state index is -0.395. The van der Waals surface area contributed by atoms with Crippen molar-refractivity contribution in [2.75, 3.05) is 50.8 Å². The number of nitriles is 1. The van der Waals surface area contributed by atoms with Gasteiger partial charge in [-0.3, -0.25) is 10.1 Å². The molecule has 0 unspecified atom stereocenters. The molecule has 7 heteroatoms. The number of piperazine rings is 1. The lowest BCUT2D eigenvalue weighted by atomic mass is 9.85. The van der Waals surface area contributed by atoms with Gasteiger partial charge in [0.2, 0.25) is 5.91 Å². The molecule has 0 aliphatic carbocycles. The van der Waals surface area contributed by atoms with Gasteiger partial charge >= 0.3 is 0 Å². The van der Waals surface area contributed by atoms with Crippen LogP contribution in [0, 0.1) is 17.2 Å². The highest BCUT2D eigenvalue weighted by Crippen LogP contribution is 2.33. The molecule has 7 nitrogen and oxygen atoms in total. The number of nitrogens with zero attached hydrogens (tertiary/aromatic N) is 2. The molecule has 34 heavy (non-hydrogen) atoms. The summed E-state index contributed by atoms with van der Waals surface area (Å²) in [7, 11) is 0. The molecule has 2 aromatic carbocycles. The van der Waals surface area contributed by atoms with Gasteiger partial charge in [0, 0.05) is 31.9 Å². The highest BCUT2D eigenvalue weighted by atomic mass is 16.5. The molecule has 2 aromatic rings. The lowest BCUT2D eigenvalue weighted by Gasteiger charge is -2.45. The Hall–Kier alpha value is -2.92. The molecule has 0 radical (unpaired) electrons. The Bertz CT molecular complexity index is 987. The summed E-state index contributed by atoms with van der Waals surface area (Å²) in [6.45, 7) is 9.38. The molecule has 0 aromatic heterocycles. The van der Waals surface area contributed by atoms with Crippen LogP contribution in [0.5, 0.6) is 0 Å². The van der Waals surface area contributed by atoms with E-state index in [-0.39, 0.29) is 18.5 Å². The highest BCUT2D eigenvalue weighted by molar-refractivity contribution is 5.82. The van der Waals surface area contributed by atoms with E-state index in [0.29, 0.717) is 25.6 Å². The summed E-state index contributed by atoms with van der Waals surface area (Å²) in [5.41, 5.74) is 4.33. The molecule has 4 rings (SSSR count). The van der Waals surface area contributed by atoms with Crippen molar-refractivity contribution >= 4 is 11.6 Å². The average molecular weight is 462 g/mol. The maximum atomic E-state index is 12.7. The second-order valence-electron chi connectivity index (χ2n) is 9.64. The van der Waals surface area contributed by atoms with E-state index in [1.54, 1.807) is 0 Å². The fraction of sp³-hybridized carbons (Fsp3) is 0.481. The van der Waals surface area contributed by atoms with Crippen molar-refractivity contribution < 1.29 is 9.53 Å². The molecule has 2 aliphatic heterocycles. The Morgan fingerprint density at radius 3 is 2.24 bits per heavy atom. The summed E-state index contributed by atoms with van der Waals surface area (Å²) in [6, 6.07) is 18.9. The van der Waals surface area contributed by atoms with E-state index < -0.39 is 5.54 Å². The van der Waals surface area contributed by atoms with Crippen LogP contribution in [-0.4, -0.2) is 57.9 Å². The predicted molar refractivity (Wildman–Crippen MR) is 134 cm³/mol. The topological polar surface area (TPSA) is 89.4 Å². The SMILES string of the molecule is CC(C)C[C@H](NC1(c2ccc(-c3ccc(N4CCNCC4)cc3)cc2)COC1)C(=O)NCC#N. The lowest BCUT2D eigenvalue weighted by molar-refractivity contribution is -0.128. The molecule has 3 N–H and O–H groups in total. The number of ether oxygens (including phenoxy) is 1. The third-order valence-corrected chi connectivity index (χ3v) is 6.63. The number of amides is 1. The number of benzene rings is 2. The molecule has 0 saturated carbocycles. The monoisotopic (exact) mass is 461 g/mol. The second-order valence-corrected chi connectivity index (χ2v) is 9.64. The average Bonchev–Trinajstić information content (AvgIpc) is 2.84. The van der Waals surface area contributed by atoms with Crippen molar-refractivity contribution in [2.24, 2.45) is 5.92 Å². The first-order valence-electron chi connectivity index (χ1n) is 12.2. The maximum Gasteiger partial charge on any atom is 0.237 e. The minimum Gasteiger partial charge on any atom is -0.377 e. The van der Waals surface area contributed by atoms with Crippen LogP contribution in [0.1, 0.15) is 25.8 Å². The van der Waals surface area contributed by atoms with E-state index in [1.807, 2.05) is 6.07 Å². The molecule has 1 atom stereocenters. The Morgan fingerprint density at radius 2 is 1.71 bits per heavy atom. The van der Waals surface area contributed by atoms with E-state index in [1.165, 1.54) is 11.3 Å². The molecular formula is C27H35N5O2. The molecule has 2 heterocycles. The fourth-order valence-corrected chi connectivity index (χ4v) is 4.70. The third-order valence-electron chi connectivity index (χ3n) is 6.63. The lowest BCUT2D eigenvalue weighted by Crippen LogP contribution is -2.63. The van der Waals surface area contributed by atoms with Crippen molar-refractivity contribution in [1.29, 1.82) is 5.26 Å². The van der Waals surface area contributed by atoms with Crippen LogP contribution in [0.25, 0.3) is 11.1 Å². The Labute approximate surface area is 202 Å². The van der Waals surface area contributed by atoms with Crippen molar-refractivity contribution in [3.05, 3.63) is 54.1 Å². The first-order valence-corrected chi connectivity index (χ1v) is 12.2. The molecule has 2 saturated heterocycles. The van der Waals surface area contributed by atoms with Crippen LogP contribution < -0.4 is 20.9 Å². The van der Waals surface area contributed by atoms with E-state index in [2.05, 4.69) is 83.2 Å². The number of nitrogens with one attached hydrogen (secondary N) is 3. The number of carbonyl (C=O) groups is 1. The van der Waals surface area contributed by atoms with Crippen molar-refractivity contribution in [3.63, 3.8) is 0 Å². The van der Waals surface area contributed by atoms with Crippen molar-refractivity contribution in [2.45, 2.75) is 31.8 Å². The Kier molecular flexibility index (Phi) is 7.84. The molecule has 0 bridgehead atoms. The zero-order valence-electron chi connectivity index (χ0n) is 20.1. The van der Waals surface area contributed by atoms with Crippen molar-refractivity contribution in [1.82, 2.24) is 16.0 Å². The van der Waals surface area contributed by atoms with Gasteiger partial charge in [0.05, 0.1) is 30.9 Å². The zero-order valence-corrected chi connectivity index (χ0v) is 20.1. The molecule has 2 aliphatic rings. The number of anilines is 1. The molecule has 1 amide bonds. The summed E-state index contributed by atoms with van der Waals surface area (Å²) in [6.07, 6.45) is 0.691. The molecule has 180 valence electrons. The van der Waals surface area contributed by atoms with Crippen LogP contribution in [0.4, 0.5) is 5.69 Å². The summed E-state index contributed by atoms with van der Waals surface area (Å²) >= 11 is 0. The van der Waals surface area contributed by atoms with Gasteiger partial charge in [-0.15, -0.1) is 0 Å². The van der Waals surface area contributed by atoms with Gasteiger partial charge in [-0.1, -0.05) is 50.2 Å². The van der Waals surface area contributed by atoms with Gasteiger partial charge in [0.25, 0.3) is 0 Å². The van der Waals surface area contributed by atoms with Crippen LogP contribution in [0.3, 0.4) is 0 Å². The number of hydrogen-bond donors (Lipinski definition) is 3. The summed E-state index contributed by atoms with van der Waals surface area (Å²) in [5.74, 6) is 0.206. The summed E-state index contributed by atoms with van der Waals surface area (Å²) in [4.78, 5) is 15.1. The normalized spacial score (nSPS) is 18.1. The van der Waals surface area contributed by atoms with E-state index in [0.717, 1.165) is 37.3 Å². The molecule has 2 fully saturated rings. The van der Waals surface area contributed by atoms with Gasteiger partial charge in [-0.2, -0.15) is 5.26 Å².